The summed E-state index contributed by atoms with van der Waals surface area (Å²) in [5.74, 6) is 3.36. The quantitative estimate of drug-likeness (QED) is 0.329. The molecule has 0 amide bonds. The average molecular weight is 541 g/mol. The van der Waals surface area contributed by atoms with Crippen LogP contribution in [-0.4, -0.2) is 70.5 Å². The summed E-state index contributed by atoms with van der Waals surface area (Å²) in [5.41, 5.74) is 2.19. The standard InChI is InChI=1S/C22H31N5O3.HI/c1-23-22(26(2)16-18-7-8-19(28-3)14-20(18)29-4)25-15-17-6-5-9-24-21(17)27-10-12-30-13-11-27;/h5-9,14H,10-13,15-16H2,1-4H3,(H,23,25);1H. The molecule has 1 aromatic carbocycles. The molecular formula is C22H32IN5O3. The van der Waals surface area contributed by atoms with Crippen LogP contribution in [0.3, 0.4) is 0 Å². The minimum atomic E-state index is 0. The minimum absolute atomic E-state index is 0. The number of aliphatic imine (C=N–C) groups is 1. The molecule has 2 heterocycles. The van der Waals surface area contributed by atoms with E-state index in [4.69, 9.17) is 14.2 Å². The topological polar surface area (TPSA) is 71.5 Å². The number of pyridine rings is 1. The molecule has 0 aliphatic carbocycles. The number of rotatable bonds is 7. The molecule has 1 N–H and O–H groups in total. The highest BCUT2D eigenvalue weighted by atomic mass is 127. The first-order chi connectivity index (χ1) is 14.7. The van der Waals surface area contributed by atoms with E-state index in [0.29, 0.717) is 13.1 Å². The van der Waals surface area contributed by atoms with Gasteiger partial charge < -0.3 is 29.3 Å². The van der Waals surface area contributed by atoms with Gasteiger partial charge >= 0.3 is 0 Å². The van der Waals surface area contributed by atoms with E-state index < -0.39 is 0 Å². The van der Waals surface area contributed by atoms with Gasteiger partial charge in [-0.25, -0.2) is 4.98 Å². The van der Waals surface area contributed by atoms with Crippen LogP contribution in [0, 0.1) is 0 Å². The molecule has 0 radical (unpaired) electrons. The summed E-state index contributed by atoms with van der Waals surface area (Å²) in [6.45, 7) is 4.47. The van der Waals surface area contributed by atoms with Crippen LogP contribution in [0.5, 0.6) is 11.5 Å². The molecule has 1 fully saturated rings. The van der Waals surface area contributed by atoms with Crippen molar-refractivity contribution >= 4 is 35.8 Å². The third-order valence-corrected chi connectivity index (χ3v) is 5.09. The average Bonchev–Trinajstić information content (AvgIpc) is 2.80. The lowest BCUT2D eigenvalue weighted by atomic mass is 10.2. The number of ether oxygens (including phenoxy) is 3. The van der Waals surface area contributed by atoms with Gasteiger partial charge in [-0.15, -0.1) is 24.0 Å². The Morgan fingerprint density at radius 3 is 2.65 bits per heavy atom. The molecule has 3 rings (SSSR count). The second kappa shape index (κ2) is 12.6. The SMILES string of the molecule is CN=C(NCc1cccnc1N1CCOCC1)N(C)Cc1ccc(OC)cc1OC.I. The number of morpholine rings is 1. The molecule has 2 aromatic rings. The molecule has 1 aliphatic heterocycles. The molecule has 0 unspecified atom stereocenters. The number of nitrogens with one attached hydrogen (secondary N) is 1. The van der Waals surface area contributed by atoms with Gasteiger partial charge in [0.1, 0.15) is 17.3 Å². The van der Waals surface area contributed by atoms with Crippen molar-refractivity contribution in [3.05, 3.63) is 47.7 Å². The van der Waals surface area contributed by atoms with Gasteiger partial charge in [-0.05, 0) is 18.2 Å². The Morgan fingerprint density at radius 1 is 1.19 bits per heavy atom. The van der Waals surface area contributed by atoms with Crippen LogP contribution in [0.2, 0.25) is 0 Å². The van der Waals surface area contributed by atoms with Gasteiger partial charge in [-0.3, -0.25) is 4.99 Å². The molecule has 8 nitrogen and oxygen atoms in total. The predicted octanol–water partition coefficient (Wildman–Crippen LogP) is 2.76. The summed E-state index contributed by atoms with van der Waals surface area (Å²) in [5, 5.41) is 3.46. The van der Waals surface area contributed by atoms with Crippen LogP contribution < -0.4 is 19.7 Å². The van der Waals surface area contributed by atoms with E-state index >= 15 is 0 Å². The summed E-state index contributed by atoms with van der Waals surface area (Å²) in [6.07, 6.45) is 1.84. The van der Waals surface area contributed by atoms with Gasteiger partial charge in [0.25, 0.3) is 0 Å². The molecule has 31 heavy (non-hydrogen) atoms. The maximum Gasteiger partial charge on any atom is 0.193 e. The largest absolute Gasteiger partial charge is 0.497 e. The number of hydrogen-bond acceptors (Lipinski definition) is 6. The third kappa shape index (κ3) is 6.60. The fourth-order valence-corrected chi connectivity index (χ4v) is 3.50. The Bertz CT molecular complexity index is 859. The zero-order chi connectivity index (χ0) is 21.3. The number of benzene rings is 1. The minimum Gasteiger partial charge on any atom is -0.497 e. The molecule has 9 heteroatoms. The van der Waals surface area contributed by atoms with Crippen LogP contribution in [0.4, 0.5) is 5.82 Å². The summed E-state index contributed by atoms with van der Waals surface area (Å²) in [6, 6.07) is 9.91. The summed E-state index contributed by atoms with van der Waals surface area (Å²) in [4.78, 5) is 13.4. The predicted molar refractivity (Wildman–Crippen MR) is 134 cm³/mol. The first kappa shape index (κ1) is 25.0. The molecule has 0 spiro atoms. The highest BCUT2D eigenvalue weighted by Crippen LogP contribution is 2.25. The molecule has 0 bridgehead atoms. The third-order valence-electron chi connectivity index (χ3n) is 5.09. The number of halogens is 1. The number of nitrogens with zero attached hydrogens (tertiary/aromatic N) is 4. The van der Waals surface area contributed by atoms with Gasteiger partial charge in [0.15, 0.2) is 5.96 Å². The van der Waals surface area contributed by atoms with Crippen molar-refractivity contribution in [1.29, 1.82) is 0 Å². The lowest BCUT2D eigenvalue weighted by Gasteiger charge is -2.30. The zero-order valence-electron chi connectivity index (χ0n) is 18.6. The Kier molecular flexibility index (Phi) is 10.1. The Balaban J connectivity index is 0.00000341. The Labute approximate surface area is 201 Å². The van der Waals surface area contributed by atoms with Crippen molar-refractivity contribution in [2.24, 2.45) is 4.99 Å². The van der Waals surface area contributed by atoms with E-state index in [0.717, 1.165) is 60.7 Å². The van der Waals surface area contributed by atoms with Crippen LogP contribution in [0.1, 0.15) is 11.1 Å². The van der Waals surface area contributed by atoms with Gasteiger partial charge in [0.05, 0.1) is 27.4 Å². The smallest absolute Gasteiger partial charge is 0.193 e. The second-order valence-corrected chi connectivity index (χ2v) is 7.02. The number of anilines is 1. The molecule has 1 saturated heterocycles. The Morgan fingerprint density at radius 2 is 1.97 bits per heavy atom. The van der Waals surface area contributed by atoms with E-state index in [1.54, 1.807) is 21.3 Å². The van der Waals surface area contributed by atoms with Crippen molar-refractivity contribution in [1.82, 2.24) is 15.2 Å². The molecule has 170 valence electrons. The first-order valence-corrected chi connectivity index (χ1v) is 10.1. The van der Waals surface area contributed by atoms with Crippen LogP contribution in [-0.2, 0) is 17.8 Å². The maximum atomic E-state index is 5.52. The Hall–Kier alpha value is -2.27. The van der Waals surface area contributed by atoms with Crippen LogP contribution >= 0.6 is 24.0 Å². The highest BCUT2D eigenvalue weighted by molar-refractivity contribution is 14.0. The van der Waals surface area contributed by atoms with E-state index in [1.807, 2.05) is 37.5 Å². The number of methoxy groups -OCH3 is 2. The maximum absolute atomic E-state index is 5.52. The lowest BCUT2D eigenvalue weighted by molar-refractivity contribution is 0.122. The normalized spacial score (nSPS) is 13.9. The zero-order valence-corrected chi connectivity index (χ0v) is 21.0. The molecular weight excluding hydrogens is 509 g/mol. The van der Waals surface area contributed by atoms with E-state index in [9.17, 15) is 0 Å². The van der Waals surface area contributed by atoms with Gasteiger partial charge in [-0.1, -0.05) is 6.07 Å². The molecule has 1 aromatic heterocycles. The van der Waals surface area contributed by atoms with Gasteiger partial charge in [-0.2, -0.15) is 0 Å². The first-order valence-electron chi connectivity index (χ1n) is 10.1. The fraction of sp³-hybridized carbons (Fsp3) is 0.455. The van der Waals surface area contributed by atoms with Gasteiger partial charge in [0.2, 0.25) is 0 Å². The highest BCUT2D eigenvalue weighted by Gasteiger charge is 2.17. The molecule has 1 aliphatic rings. The summed E-state index contributed by atoms with van der Waals surface area (Å²) >= 11 is 0. The monoisotopic (exact) mass is 541 g/mol. The van der Waals surface area contributed by atoms with E-state index in [1.165, 1.54) is 0 Å². The van der Waals surface area contributed by atoms with Crippen LogP contribution in [0.25, 0.3) is 0 Å². The van der Waals surface area contributed by atoms with Crippen molar-refractivity contribution in [2.75, 3.05) is 59.5 Å². The van der Waals surface area contributed by atoms with Crippen molar-refractivity contribution in [3.8, 4) is 11.5 Å². The summed E-state index contributed by atoms with van der Waals surface area (Å²) in [7, 11) is 7.11. The molecule has 0 atom stereocenters. The fourth-order valence-electron chi connectivity index (χ4n) is 3.50. The second-order valence-electron chi connectivity index (χ2n) is 7.02. The lowest BCUT2D eigenvalue weighted by Crippen LogP contribution is -2.40. The summed E-state index contributed by atoms with van der Waals surface area (Å²) < 4.78 is 16.3. The number of aromatic nitrogens is 1. The van der Waals surface area contributed by atoms with Crippen molar-refractivity contribution in [2.45, 2.75) is 13.1 Å². The van der Waals surface area contributed by atoms with Crippen LogP contribution in [0.15, 0.2) is 41.5 Å². The van der Waals surface area contributed by atoms with Crippen molar-refractivity contribution < 1.29 is 14.2 Å². The van der Waals surface area contributed by atoms with E-state index in [-0.39, 0.29) is 24.0 Å². The van der Waals surface area contributed by atoms with Crippen molar-refractivity contribution in [3.63, 3.8) is 0 Å². The number of guanidine groups is 1. The number of hydrogen-bond donors (Lipinski definition) is 1. The van der Waals surface area contributed by atoms with E-state index in [2.05, 4.69) is 31.2 Å². The molecule has 0 saturated carbocycles. The van der Waals surface area contributed by atoms with Gasteiger partial charge in [0, 0.05) is 63.7 Å².